The van der Waals surface area contributed by atoms with Crippen LogP contribution >= 0.6 is 0 Å². The van der Waals surface area contributed by atoms with Gasteiger partial charge in [0, 0.05) is 39.7 Å². The van der Waals surface area contributed by atoms with Crippen LogP contribution in [0.1, 0.15) is 20.7 Å². The average molecular weight is 281 g/mol. The van der Waals surface area contributed by atoms with Crippen LogP contribution in [0.15, 0.2) is 18.5 Å². The Balaban J connectivity index is 2.71. The molecule has 2 amide bonds. The molecule has 1 aromatic heterocycles. The number of nitrogens with zero attached hydrogens (tertiary/aromatic N) is 1. The average Bonchev–Trinajstić information content (AvgIpc) is 2.47. The van der Waals surface area contributed by atoms with Gasteiger partial charge in [0.05, 0.1) is 24.3 Å². The summed E-state index contributed by atoms with van der Waals surface area (Å²) in [5, 5.41) is 5.32. The Kier molecular flexibility index (Phi) is 7.23. The number of methoxy groups -OCH3 is 2. The van der Waals surface area contributed by atoms with Crippen LogP contribution in [-0.4, -0.2) is 57.3 Å². The quantitative estimate of drug-likeness (QED) is 0.646. The topological polar surface area (TPSA) is 89.5 Å². The maximum absolute atomic E-state index is 12.0. The molecule has 0 atom stereocenters. The Bertz CT molecular complexity index is 410. The lowest BCUT2D eigenvalue weighted by molar-refractivity contribution is 0.0903. The molecular formula is C13H19N3O4. The van der Waals surface area contributed by atoms with Crippen LogP contribution in [0, 0.1) is 0 Å². The van der Waals surface area contributed by atoms with Crippen molar-refractivity contribution >= 4 is 11.8 Å². The van der Waals surface area contributed by atoms with Crippen LogP contribution in [0.25, 0.3) is 0 Å². The molecule has 1 rings (SSSR count). The predicted molar refractivity (Wildman–Crippen MR) is 72.7 cm³/mol. The van der Waals surface area contributed by atoms with E-state index >= 15 is 0 Å². The van der Waals surface area contributed by atoms with Crippen LogP contribution in [-0.2, 0) is 9.47 Å². The van der Waals surface area contributed by atoms with Crippen molar-refractivity contribution in [2.75, 3.05) is 40.5 Å². The molecule has 0 saturated carbocycles. The summed E-state index contributed by atoms with van der Waals surface area (Å²) >= 11 is 0. The maximum atomic E-state index is 12.0. The molecular weight excluding hydrogens is 262 g/mol. The van der Waals surface area contributed by atoms with E-state index in [1.807, 2.05) is 0 Å². The highest BCUT2D eigenvalue weighted by atomic mass is 16.5. The molecule has 1 aromatic rings. The molecule has 110 valence electrons. The second-order valence-corrected chi connectivity index (χ2v) is 3.92. The van der Waals surface area contributed by atoms with E-state index in [4.69, 9.17) is 9.47 Å². The molecule has 0 aromatic carbocycles. The fourth-order valence-corrected chi connectivity index (χ4v) is 1.50. The largest absolute Gasteiger partial charge is 0.383 e. The van der Waals surface area contributed by atoms with Crippen LogP contribution < -0.4 is 10.6 Å². The van der Waals surface area contributed by atoms with E-state index in [1.54, 1.807) is 14.2 Å². The van der Waals surface area contributed by atoms with Crippen molar-refractivity contribution in [2.24, 2.45) is 0 Å². The van der Waals surface area contributed by atoms with Gasteiger partial charge in [-0.25, -0.2) is 0 Å². The highest BCUT2D eigenvalue weighted by molar-refractivity contribution is 6.06. The summed E-state index contributed by atoms with van der Waals surface area (Å²) in [7, 11) is 3.10. The number of hydrogen-bond acceptors (Lipinski definition) is 5. The monoisotopic (exact) mass is 281 g/mol. The summed E-state index contributed by atoms with van der Waals surface area (Å²) in [4.78, 5) is 27.8. The highest BCUT2D eigenvalue weighted by Crippen LogP contribution is 2.06. The molecule has 0 aliphatic carbocycles. The predicted octanol–water partition coefficient (Wildman–Crippen LogP) is -0.166. The second-order valence-electron chi connectivity index (χ2n) is 3.92. The summed E-state index contributed by atoms with van der Waals surface area (Å²) in [5.74, 6) is -0.687. The van der Waals surface area contributed by atoms with Crippen LogP contribution in [0.5, 0.6) is 0 Å². The van der Waals surface area contributed by atoms with Gasteiger partial charge in [-0.15, -0.1) is 0 Å². The third-order valence-corrected chi connectivity index (χ3v) is 2.49. The number of nitrogens with one attached hydrogen (secondary N) is 2. The molecule has 0 bridgehead atoms. The molecule has 0 aliphatic heterocycles. The minimum Gasteiger partial charge on any atom is -0.383 e. The minimum absolute atomic E-state index is 0.235. The van der Waals surface area contributed by atoms with Gasteiger partial charge in [0.15, 0.2) is 0 Å². The first-order chi connectivity index (χ1) is 9.70. The van der Waals surface area contributed by atoms with Gasteiger partial charge < -0.3 is 20.1 Å². The van der Waals surface area contributed by atoms with E-state index in [2.05, 4.69) is 15.6 Å². The molecule has 7 nitrogen and oxygen atoms in total. The van der Waals surface area contributed by atoms with Crippen molar-refractivity contribution in [2.45, 2.75) is 0 Å². The molecule has 0 fully saturated rings. The first-order valence-corrected chi connectivity index (χ1v) is 6.19. The SMILES string of the molecule is COCCNC(=O)c1ccncc1C(=O)NCCOC. The molecule has 20 heavy (non-hydrogen) atoms. The van der Waals surface area contributed by atoms with Crippen molar-refractivity contribution in [1.29, 1.82) is 0 Å². The fraction of sp³-hybridized carbons (Fsp3) is 0.462. The van der Waals surface area contributed by atoms with Crippen LogP contribution in [0.3, 0.4) is 0 Å². The molecule has 0 radical (unpaired) electrons. The van der Waals surface area contributed by atoms with Gasteiger partial charge in [-0.05, 0) is 6.07 Å². The molecule has 2 N–H and O–H groups in total. The molecule has 0 saturated heterocycles. The van der Waals surface area contributed by atoms with Gasteiger partial charge in [0.25, 0.3) is 11.8 Å². The number of carbonyl (C=O) groups excluding carboxylic acids is 2. The first-order valence-electron chi connectivity index (χ1n) is 6.19. The Labute approximate surface area is 117 Å². The zero-order valence-electron chi connectivity index (χ0n) is 11.6. The lowest BCUT2D eigenvalue weighted by Crippen LogP contribution is -2.32. The van der Waals surface area contributed by atoms with Gasteiger partial charge in [0.1, 0.15) is 0 Å². The standard InChI is InChI=1S/C13H19N3O4/c1-19-7-5-15-12(17)10-3-4-14-9-11(10)13(18)16-6-8-20-2/h3-4,9H,5-8H2,1-2H3,(H,15,17)(H,16,18). The lowest BCUT2D eigenvalue weighted by Gasteiger charge is -2.09. The summed E-state index contributed by atoms with van der Waals surface area (Å²) in [5.41, 5.74) is 0.518. The maximum Gasteiger partial charge on any atom is 0.253 e. The Hall–Kier alpha value is -1.99. The smallest absolute Gasteiger partial charge is 0.253 e. The molecule has 1 heterocycles. The van der Waals surface area contributed by atoms with Crippen molar-refractivity contribution in [3.63, 3.8) is 0 Å². The van der Waals surface area contributed by atoms with Gasteiger partial charge in [0.2, 0.25) is 0 Å². The molecule has 7 heteroatoms. The van der Waals surface area contributed by atoms with Crippen LogP contribution in [0.2, 0.25) is 0 Å². The van der Waals surface area contributed by atoms with Gasteiger partial charge >= 0.3 is 0 Å². The lowest BCUT2D eigenvalue weighted by atomic mass is 10.1. The zero-order chi connectivity index (χ0) is 14.8. The first kappa shape index (κ1) is 16.1. The van der Waals surface area contributed by atoms with E-state index in [0.717, 1.165) is 0 Å². The number of rotatable bonds is 8. The van der Waals surface area contributed by atoms with E-state index in [1.165, 1.54) is 18.5 Å². The normalized spacial score (nSPS) is 10.1. The number of pyridine rings is 1. The third-order valence-electron chi connectivity index (χ3n) is 2.49. The molecule has 0 unspecified atom stereocenters. The fourth-order valence-electron chi connectivity index (χ4n) is 1.50. The molecule has 0 aliphatic rings. The molecule has 0 spiro atoms. The van der Waals surface area contributed by atoms with Gasteiger partial charge in [-0.2, -0.15) is 0 Å². The zero-order valence-corrected chi connectivity index (χ0v) is 11.6. The number of amides is 2. The highest BCUT2D eigenvalue weighted by Gasteiger charge is 2.16. The number of hydrogen-bond donors (Lipinski definition) is 2. The van der Waals surface area contributed by atoms with Crippen molar-refractivity contribution < 1.29 is 19.1 Å². The van der Waals surface area contributed by atoms with Crippen molar-refractivity contribution in [3.8, 4) is 0 Å². The van der Waals surface area contributed by atoms with Gasteiger partial charge in [-0.3, -0.25) is 14.6 Å². The van der Waals surface area contributed by atoms with Crippen LogP contribution in [0.4, 0.5) is 0 Å². The Morgan fingerprint density at radius 3 is 2.15 bits per heavy atom. The van der Waals surface area contributed by atoms with E-state index in [9.17, 15) is 9.59 Å². The summed E-state index contributed by atoms with van der Waals surface area (Å²) in [6.07, 6.45) is 2.84. The van der Waals surface area contributed by atoms with Crippen molar-refractivity contribution in [3.05, 3.63) is 29.6 Å². The Morgan fingerprint density at radius 2 is 1.60 bits per heavy atom. The summed E-state index contributed by atoms with van der Waals surface area (Å²) in [6.45, 7) is 1.56. The summed E-state index contributed by atoms with van der Waals surface area (Å²) < 4.78 is 9.70. The van der Waals surface area contributed by atoms with Gasteiger partial charge in [-0.1, -0.05) is 0 Å². The number of ether oxygens (including phenoxy) is 2. The minimum atomic E-state index is -0.355. The Morgan fingerprint density at radius 1 is 1.05 bits per heavy atom. The number of carbonyl (C=O) groups is 2. The number of aromatic nitrogens is 1. The third kappa shape index (κ3) is 4.94. The van der Waals surface area contributed by atoms with E-state index in [-0.39, 0.29) is 22.9 Å². The summed E-state index contributed by atoms with van der Waals surface area (Å²) in [6, 6.07) is 1.51. The second kappa shape index (κ2) is 9.00. The van der Waals surface area contributed by atoms with E-state index in [0.29, 0.717) is 26.3 Å². The van der Waals surface area contributed by atoms with Crippen molar-refractivity contribution in [1.82, 2.24) is 15.6 Å². The van der Waals surface area contributed by atoms with E-state index < -0.39 is 0 Å².